The minimum atomic E-state index is -4.44. The number of nitrogens with zero attached hydrogens (tertiary/aromatic N) is 2. The number of halogens is 4. The van der Waals surface area contributed by atoms with Crippen LogP contribution in [0, 0.1) is 0 Å². The van der Waals surface area contributed by atoms with E-state index >= 15 is 0 Å². The highest BCUT2D eigenvalue weighted by molar-refractivity contribution is 5.99. The molecule has 5 rings (SSSR count). The van der Waals surface area contributed by atoms with Crippen molar-refractivity contribution in [1.82, 2.24) is 20.1 Å². The molecule has 7 nitrogen and oxygen atoms in total. The zero-order valence-electron chi connectivity index (χ0n) is 26.4. The lowest BCUT2D eigenvalue weighted by molar-refractivity contribution is -0.137. The van der Waals surface area contributed by atoms with Gasteiger partial charge < -0.3 is 25.2 Å². The van der Waals surface area contributed by atoms with Crippen LogP contribution in [0.15, 0.2) is 66.7 Å². The third kappa shape index (κ3) is 7.96. The number of alkyl halides is 3. The number of carbonyl (C=O) groups is 2. The summed E-state index contributed by atoms with van der Waals surface area (Å²) in [6, 6.07) is 17.7. The number of rotatable bonds is 14. The van der Waals surface area contributed by atoms with Gasteiger partial charge in [0.15, 0.2) is 0 Å². The normalized spacial score (nSPS) is 16.8. The van der Waals surface area contributed by atoms with Gasteiger partial charge in [-0.2, -0.15) is 13.2 Å². The number of aromatic nitrogens is 1. The third-order valence-electron chi connectivity index (χ3n) is 9.16. The van der Waals surface area contributed by atoms with Crippen molar-refractivity contribution >= 4 is 24.2 Å². The van der Waals surface area contributed by atoms with Gasteiger partial charge in [0.25, 0.3) is 11.8 Å². The second kappa shape index (κ2) is 15.0. The number of carbonyl (C=O) groups excluding carboxylic acids is 2. The number of hydrogen-bond acceptors (Lipinski definition) is 4. The summed E-state index contributed by atoms with van der Waals surface area (Å²) in [7, 11) is 0. The Morgan fingerprint density at radius 2 is 1.67 bits per heavy atom. The molecule has 1 fully saturated rings. The van der Waals surface area contributed by atoms with Crippen LogP contribution in [-0.4, -0.2) is 57.7 Å². The van der Waals surface area contributed by atoms with Gasteiger partial charge in [0, 0.05) is 31.2 Å². The minimum Gasteiger partial charge on any atom is -0.390 e. The van der Waals surface area contributed by atoms with Crippen LogP contribution in [0.5, 0.6) is 0 Å². The van der Waals surface area contributed by atoms with E-state index in [-0.39, 0.29) is 36.8 Å². The summed E-state index contributed by atoms with van der Waals surface area (Å²) in [5.74, 6) is -0.457. The van der Waals surface area contributed by atoms with Crippen LogP contribution in [0.1, 0.15) is 90.0 Å². The Balaban J connectivity index is 0.00000480. The number of aliphatic hydroxyl groups excluding tert-OH is 1. The van der Waals surface area contributed by atoms with Crippen molar-refractivity contribution in [2.24, 2.45) is 0 Å². The molecule has 1 aromatic heterocycles. The van der Waals surface area contributed by atoms with Crippen molar-refractivity contribution in [1.29, 1.82) is 0 Å². The first kappa shape index (κ1) is 35.5. The monoisotopic (exact) mass is 660 g/mol. The van der Waals surface area contributed by atoms with E-state index in [1.165, 1.54) is 12.1 Å². The standard InChI is InChI=1S/C35H43F3N4O3.ClH/c1-3-9-27(10-4-2)41-19-20-42-29(15-16-30(42)33(41)45)32(44)40-28(21-24-11-6-5-7-12-24)31(43)23-39-34(17-18-34)25-13-8-14-26(22-25)35(36,37)38;/h5-8,11-16,22,27-28,31,39,43H,3-4,9-10,17-21,23H2,1-2H3,(H,40,44);1H/t28-,31+;/m0./s1. The van der Waals surface area contributed by atoms with E-state index < -0.39 is 29.4 Å². The van der Waals surface area contributed by atoms with Crippen molar-refractivity contribution in [3.63, 3.8) is 0 Å². The molecule has 2 amide bonds. The molecule has 2 atom stereocenters. The summed E-state index contributed by atoms with van der Waals surface area (Å²) >= 11 is 0. The highest BCUT2D eigenvalue weighted by Crippen LogP contribution is 2.46. The largest absolute Gasteiger partial charge is 0.416 e. The zero-order chi connectivity index (χ0) is 32.2. The molecule has 2 aliphatic rings. The predicted octanol–water partition coefficient (Wildman–Crippen LogP) is 6.33. The topological polar surface area (TPSA) is 86.6 Å². The fourth-order valence-corrected chi connectivity index (χ4v) is 6.54. The van der Waals surface area contributed by atoms with Gasteiger partial charge in [-0.3, -0.25) is 9.59 Å². The van der Waals surface area contributed by atoms with Gasteiger partial charge in [-0.15, -0.1) is 12.4 Å². The maximum atomic E-state index is 13.7. The Hall–Kier alpha value is -3.34. The number of aliphatic hydroxyl groups is 1. The summed E-state index contributed by atoms with van der Waals surface area (Å²) in [6.45, 7) is 5.35. The van der Waals surface area contributed by atoms with Gasteiger partial charge >= 0.3 is 6.18 Å². The van der Waals surface area contributed by atoms with Crippen LogP contribution >= 0.6 is 12.4 Å². The fourth-order valence-electron chi connectivity index (χ4n) is 6.54. The lowest BCUT2D eigenvalue weighted by atomic mass is 9.98. The Morgan fingerprint density at radius 1 is 0.978 bits per heavy atom. The molecule has 1 aliphatic heterocycles. The van der Waals surface area contributed by atoms with Crippen LogP contribution in [0.2, 0.25) is 0 Å². The van der Waals surface area contributed by atoms with Gasteiger partial charge in [-0.1, -0.05) is 69.2 Å². The van der Waals surface area contributed by atoms with Gasteiger partial charge in [-0.05, 0) is 67.5 Å². The molecule has 1 saturated carbocycles. The van der Waals surface area contributed by atoms with Crippen LogP contribution in [0.25, 0.3) is 0 Å². The van der Waals surface area contributed by atoms with E-state index in [4.69, 9.17) is 0 Å². The number of fused-ring (bicyclic) bond motifs is 1. The van der Waals surface area contributed by atoms with Crippen molar-refractivity contribution in [2.45, 2.75) is 95.2 Å². The molecule has 11 heteroatoms. The fraction of sp³-hybridized carbons (Fsp3) is 0.486. The first-order valence-corrected chi connectivity index (χ1v) is 16.0. The van der Waals surface area contributed by atoms with Gasteiger partial charge in [0.1, 0.15) is 11.4 Å². The minimum absolute atomic E-state index is 0. The lowest BCUT2D eigenvalue weighted by Crippen LogP contribution is -2.51. The molecular formula is C35H44ClF3N4O3. The van der Waals surface area contributed by atoms with E-state index in [1.807, 2.05) is 35.2 Å². The highest BCUT2D eigenvalue weighted by atomic mass is 35.5. The maximum Gasteiger partial charge on any atom is 0.416 e. The first-order chi connectivity index (χ1) is 21.6. The molecule has 3 aromatic rings. The molecule has 1 aliphatic carbocycles. The number of amides is 2. The maximum absolute atomic E-state index is 13.7. The van der Waals surface area contributed by atoms with E-state index in [0.29, 0.717) is 49.3 Å². The Labute approximate surface area is 275 Å². The average molecular weight is 661 g/mol. The molecule has 2 aromatic carbocycles. The predicted molar refractivity (Wildman–Crippen MR) is 174 cm³/mol. The lowest BCUT2D eigenvalue weighted by Gasteiger charge is -2.36. The summed E-state index contributed by atoms with van der Waals surface area (Å²) < 4.78 is 41.8. The summed E-state index contributed by atoms with van der Waals surface area (Å²) in [5.41, 5.74) is 0.951. The van der Waals surface area contributed by atoms with E-state index in [9.17, 15) is 27.9 Å². The van der Waals surface area contributed by atoms with Crippen LogP contribution in [0.4, 0.5) is 13.2 Å². The number of benzene rings is 2. The van der Waals surface area contributed by atoms with Crippen molar-refractivity contribution < 1.29 is 27.9 Å². The molecule has 0 bridgehead atoms. The highest BCUT2D eigenvalue weighted by Gasteiger charge is 2.45. The second-order valence-electron chi connectivity index (χ2n) is 12.4. The molecular weight excluding hydrogens is 617 g/mol. The summed E-state index contributed by atoms with van der Waals surface area (Å²) in [4.78, 5) is 29.1. The molecule has 46 heavy (non-hydrogen) atoms. The first-order valence-electron chi connectivity index (χ1n) is 16.0. The van der Waals surface area contributed by atoms with E-state index in [2.05, 4.69) is 24.5 Å². The molecule has 0 unspecified atom stereocenters. The molecule has 250 valence electrons. The van der Waals surface area contributed by atoms with Crippen molar-refractivity contribution in [2.75, 3.05) is 13.1 Å². The molecule has 0 spiro atoms. The van der Waals surface area contributed by atoms with Gasteiger partial charge in [0.2, 0.25) is 0 Å². The SMILES string of the molecule is CCCC(CCC)N1CCn2c(C(=O)N[C@@H](Cc3ccccc3)[C@H](O)CNC3(c4cccc(C(F)(F)F)c4)CC3)ccc2C1=O.Cl. The van der Waals surface area contributed by atoms with Gasteiger partial charge in [-0.25, -0.2) is 0 Å². The van der Waals surface area contributed by atoms with Crippen LogP contribution in [-0.2, 0) is 24.7 Å². The quantitative estimate of drug-likeness (QED) is 0.189. The van der Waals surface area contributed by atoms with Crippen molar-refractivity contribution in [3.8, 4) is 0 Å². The third-order valence-corrected chi connectivity index (χ3v) is 9.16. The Morgan fingerprint density at radius 3 is 2.30 bits per heavy atom. The Bertz CT molecular complexity index is 1470. The summed E-state index contributed by atoms with van der Waals surface area (Å²) in [5, 5.41) is 17.7. The molecule has 2 heterocycles. The van der Waals surface area contributed by atoms with Crippen LogP contribution < -0.4 is 10.6 Å². The summed E-state index contributed by atoms with van der Waals surface area (Å²) in [6.07, 6.45) is 0.0333. The van der Waals surface area contributed by atoms with Gasteiger partial charge in [0.05, 0.1) is 17.7 Å². The molecule has 0 saturated heterocycles. The molecule has 3 N–H and O–H groups in total. The van der Waals surface area contributed by atoms with Crippen molar-refractivity contribution in [3.05, 3.63) is 94.8 Å². The zero-order valence-corrected chi connectivity index (χ0v) is 27.2. The van der Waals surface area contributed by atoms with E-state index in [0.717, 1.165) is 37.3 Å². The smallest absolute Gasteiger partial charge is 0.390 e. The Kier molecular flexibility index (Phi) is 11.6. The second-order valence-corrected chi connectivity index (χ2v) is 12.4. The number of hydrogen-bond donors (Lipinski definition) is 3. The van der Waals surface area contributed by atoms with Crippen LogP contribution in [0.3, 0.4) is 0 Å². The average Bonchev–Trinajstić information content (AvgIpc) is 3.69. The number of nitrogens with one attached hydrogen (secondary N) is 2. The van der Waals surface area contributed by atoms with E-state index in [1.54, 1.807) is 22.8 Å². The molecule has 0 radical (unpaired) electrons.